The van der Waals surface area contributed by atoms with E-state index in [-0.39, 0.29) is 25.7 Å². The van der Waals surface area contributed by atoms with Gasteiger partial charge in [0.1, 0.15) is 17.2 Å². The van der Waals surface area contributed by atoms with Crippen molar-refractivity contribution < 1.29 is 23.9 Å². The number of hydrogen-bond donors (Lipinski definition) is 0. The lowest BCUT2D eigenvalue weighted by Gasteiger charge is -2.20. The molecular weight excluding hydrogens is 336 g/mol. The van der Waals surface area contributed by atoms with Crippen molar-refractivity contribution in [1.29, 1.82) is 0 Å². The van der Waals surface area contributed by atoms with Gasteiger partial charge in [-0.05, 0) is 13.8 Å². The topological polar surface area (TPSA) is 101 Å². The highest BCUT2D eigenvalue weighted by Gasteiger charge is 2.23. The molecule has 126 valence electrons. The number of nitrogens with zero attached hydrogens (tertiary/aromatic N) is 2. The second kappa shape index (κ2) is 6.54. The molecule has 0 spiro atoms. The van der Waals surface area contributed by atoms with Crippen LogP contribution in [0.5, 0.6) is 5.75 Å². The van der Waals surface area contributed by atoms with Crippen LogP contribution in [0.2, 0.25) is 0 Å². The van der Waals surface area contributed by atoms with Crippen LogP contribution in [-0.2, 0) is 22.7 Å². The van der Waals surface area contributed by atoms with E-state index in [2.05, 4.69) is 4.98 Å². The van der Waals surface area contributed by atoms with E-state index in [4.69, 9.17) is 14.2 Å². The molecule has 0 unspecified atom stereocenters. The van der Waals surface area contributed by atoms with Crippen LogP contribution in [-0.4, -0.2) is 22.7 Å². The normalized spacial score (nSPS) is 13.1. The molecule has 0 fully saturated rings. The molecule has 0 bridgehead atoms. The lowest BCUT2D eigenvalue weighted by molar-refractivity contribution is -0.385. The van der Waals surface area contributed by atoms with Gasteiger partial charge in [-0.15, -0.1) is 11.3 Å². The molecule has 0 atom stereocenters. The predicted octanol–water partition coefficient (Wildman–Crippen LogP) is 2.89. The third kappa shape index (κ3) is 3.22. The first kappa shape index (κ1) is 16.3. The average molecular weight is 350 g/mol. The Morgan fingerprint density at radius 3 is 2.92 bits per heavy atom. The Morgan fingerprint density at radius 1 is 1.46 bits per heavy atom. The first-order valence-corrected chi connectivity index (χ1v) is 7.89. The summed E-state index contributed by atoms with van der Waals surface area (Å²) in [5.41, 5.74) is 1.51. The molecule has 24 heavy (non-hydrogen) atoms. The van der Waals surface area contributed by atoms with Crippen LogP contribution in [0.1, 0.15) is 31.5 Å². The van der Waals surface area contributed by atoms with Crippen molar-refractivity contribution in [2.75, 3.05) is 6.79 Å². The third-order valence-corrected chi connectivity index (χ3v) is 4.48. The van der Waals surface area contributed by atoms with Crippen molar-refractivity contribution in [3.63, 3.8) is 0 Å². The van der Waals surface area contributed by atoms with E-state index in [0.29, 0.717) is 27.4 Å². The zero-order valence-electron chi connectivity index (χ0n) is 13.0. The quantitative estimate of drug-likeness (QED) is 0.475. The second-order valence-corrected chi connectivity index (χ2v) is 6.39. The molecule has 0 N–H and O–H groups in total. The second-order valence-electron chi connectivity index (χ2n) is 5.18. The fraction of sp³-hybridized carbons (Fsp3) is 0.333. The van der Waals surface area contributed by atoms with Crippen molar-refractivity contribution in [2.24, 2.45) is 0 Å². The molecule has 1 aliphatic rings. The summed E-state index contributed by atoms with van der Waals surface area (Å²) >= 11 is 1.25. The van der Waals surface area contributed by atoms with Crippen molar-refractivity contribution in [1.82, 2.24) is 4.98 Å². The first-order chi connectivity index (χ1) is 11.5. The number of ether oxygens (including phenoxy) is 3. The maximum absolute atomic E-state index is 12.2. The number of aryl methyl sites for hydroxylation is 2. The molecule has 0 radical (unpaired) electrons. The summed E-state index contributed by atoms with van der Waals surface area (Å²) in [5, 5.41) is 11.8. The minimum Gasteiger partial charge on any atom is -0.467 e. The molecule has 9 heteroatoms. The van der Waals surface area contributed by atoms with Gasteiger partial charge in [0.05, 0.1) is 22.2 Å². The van der Waals surface area contributed by atoms with E-state index in [1.54, 1.807) is 13.8 Å². The molecule has 0 saturated heterocycles. The van der Waals surface area contributed by atoms with Gasteiger partial charge in [-0.1, -0.05) is 0 Å². The zero-order chi connectivity index (χ0) is 17.3. The van der Waals surface area contributed by atoms with Gasteiger partial charge in [-0.2, -0.15) is 0 Å². The Labute approximate surface area is 141 Å². The highest BCUT2D eigenvalue weighted by Crippen LogP contribution is 2.33. The number of fused-ring (bicyclic) bond motifs is 1. The van der Waals surface area contributed by atoms with Crippen LogP contribution in [0.4, 0.5) is 5.69 Å². The van der Waals surface area contributed by atoms with E-state index < -0.39 is 10.9 Å². The largest absolute Gasteiger partial charge is 0.467 e. The molecule has 2 heterocycles. The van der Waals surface area contributed by atoms with Gasteiger partial charge < -0.3 is 14.2 Å². The number of nitro groups is 1. The smallest absolute Gasteiger partial charge is 0.350 e. The Bertz CT molecular complexity index is 817. The summed E-state index contributed by atoms with van der Waals surface area (Å²) in [6, 6.07) is 2.75. The Hall–Kier alpha value is -2.52. The number of thiazole rings is 1. The molecule has 8 nitrogen and oxygen atoms in total. The molecule has 0 aliphatic carbocycles. The zero-order valence-corrected chi connectivity index (χ0v) is 13.8. The minimum atomic E-state index is -0.509. The summed E-state index contributed by atoms with van der Waals surface area (Å²) < 4.78 is 15.8. The number of aromatic nitrogens is 1. The van der Waals surface area contributed by atoms with Crippen molar-refractivity contribution in [3.8, 4) is 5.75 Å². The SMILES string of the molecule is Cc1nc(C)c(C(=O)OCc2cc([N+](=O)[O-])cc3c2OCOC3)s1. The van der Waals surface area contributed by atoms with Gasteiger partial charge in [0.15, 0.2) is 6.79 Å². The van der Waals surface area contributed by atoms with Gasteiger partial charge in [-0.25, -0.2) is 9.78 Å². The summed E-state index contributed by atoms with van der Waals surface area (Å²) in [7, 11) is 0. The number of non-ortho nitro benzene ring substituents is 1. The molecule has 1 aliphatic heterocycles. The van der Waals surface area contributed by atoms with Gasteiger partial charge in [0, 0.05) is 23.3 Å². The number of benzene rings is 1. The molecule has 3 rings (SSSR count). The average Bonchev–Trinajstić information content (AvgIpc) is 2.90. The maximum atomic E-state index is 12.2. The van der Waals surface area contributed by atoms with Crippen LogP contribution in [0, 0.1) is 24.0 Å². The molecule has 0 saturated carbocycles. The fourth-order valence-electron chi connectivity index (χ4n) is 2.42. The van der Waals surface area contributed by atoms with E-state index in [0.717, 1.165) is 5.01 Å². The summed E-state index contributed by atoms with van der Waals surface area (Å²) in [6.45, 7) is 3.68. The summed E-state index contributed by atoms with van der Waals surface area (Å²) in [4.78, 5) is 27.3. The first-order valence-electron chi connectivity index (χ1n) is 7.07. The van der Waals surface area contributed by atoms with Gasteiger partial charge >= 0.3 is 5.97 Å². The number of rotatable bonds is 4. The predicted molar refractivity (Wildman–Crippen MR) is 84.1 cm³/mol. The summed E-state index contributed by atoms with van der Waals surface area (Å²) in [6.07, 6.45) is 0. The number of nitro benzene ring substituents is 1. The minimum absolute atomic E-state index is 0.0545. The van der Waals surface area contributed by atoms with Crippen LogP contribution < -0.4 is 4.74 Å². The molecular formula is C15H14N2O6S. The molecule has 1 aromatic heterocycles. The lowest BCUT2D eigenvalue weighted by Crippen LogP contribution is -2.15. The van der Waals surface area contributed by atoms with E-state index in [9.17, 15) is 14.9 Å². The van der Waals surface area contributed by atoms with Gasteiger partial charge in [-0.3, -0.25) is 10.1 Å². The Balaban J connectivity index is 1.84. The maximum Gasteiger partial charge on any atom is 0.350 e. The molecule has 2 aromatic rings. The highest BCUT2D eigenvalue weighted by atomic mass is 32.1. The van der Waals surface area contributed by atoms with Crippen molar-refractivity contribution in [3.05, 3.63) is 49.0 Å². The number of carbonyl (C=O) groups is 1. The van der Waals surface area contributed by atoms with E-state index in [1.165, 1.54) is 23.5 Å². The number of esters is 1. The van der Waals surface area contributed by atoms with Gasteiger partial charge in [0.25, 0.3) is 5.69 Å². The van der Waals surface area contributed by atoms with Crippen molar-refractivity contribution in [2.45, 2.75) is 27.1 Å². The van der Waals surface area contributed by atoms with Crippen LogP contribution in [0.25, 0.3) is 0 Å². The van der Waals surface area contributed by atoms with Crippen LogP contribution >= 0.6 is 11.3 Å². The number of hydrogen-bond acceptors (Lipinski definition) is 8. The molecule has 1 aromatic carbocycles. The number of carbonyl (C=O) groups excluding carboxylic acids is 1. The lowest BCUT2D eigenvalue weighted by atomic mass is 10.1. The van der Waals surface area contributed by atoms with E-state index >= 15 is 0 Å². The van der Waals surface area contributed by atoms with Crippen LogP contribution in [0.15, 0.2) is 12.1 Å². The monoisotopic (exact) mass is 350 g/mol. The standard InChI is InChI=1S/C15H14N2O6S/c1-8-14(24-9(2)16-8)15(18)22-6-11-4-12(17(19)20)3-10-5-21-7-23-13(10)11/h3-4H,5-7H2,1-2H3. The van der Waals surface area contributed by atoms with Crippen molar-refractivity contribution >= 4 is 23.0 Å². The third-order valence-electron chi connectivity index (χ3n) is 3.43. The van der Waals surface area contributed by atoms with Crippen LogP contribution in [0.3, 0.4) is 0 Å². The Kier molecular flexibility index (Phi) is 4.45. The fourth-order valence-corrected chi connectivity index (χ4v) is 3.24. The summed E-state index contributed by atoms with van der Waals surface area (Å²) in [5.74, 6) is -0.0396. The molecule has 0 amide bonds. The highest BCUT2D eigenvalue weighted by molar-refractivity contribution is 7.13. The van der Waals surface area contributed by atoms with E-state index in [1.807, 2.05) is 0 Å². The van der Waals surface area contributed by atoms with Gasteiger partial charge in [0.2, 0.25) is 0 Å². The Morgan fingerprint density at radius 2 is 2.25 bits per heavy atom.